The molecule has 0 radical (unpaired) electrons. The zero-order valence-corrected chi connectivity index (χ0v) is 22.3. The molecule has 0 bridgehead atoms. The minimum absolute atomic E-state index is 0.00322. The van der Waals surface area contributed by atoms with Crippen LogP contribution in [-0.4, -0.2) is 54.6 Å². The number of anilines is 1. The van der Waals surface area contributed by atoms with Gasteiger partial charge in [-0.1, -0.05) is 59.1 Å². The third-order valence-electron chi connectivity index (χ3n) is 6.86. The average Bonchev–Trinajstić information content (AvgIpc) is 3.20. The molecule has 1 N–H and O–H groups in total. The number of hydrogen-bond acceptors (Lipinski definition) is 3. The van der Waals surface area contributed by atoms with E-state index in [0.717, 1.165) is 73.9 Å². The number of nitrogens with one attached hydrogen (secondary N) is 1. The lowest BCUT2D eigenvalue weighted by atomic mass is 10.1. The van der Waals surface area contributed by atoms with E-state index in [0.29, 0.717) is 16.6 Å². The predicted molar refractivity (Wildman–Crippen MR) is 147 cm³/mol. The highest BCUT2D eigenvalue weighted by atomic mass is 35.5. The molecule has 5 nitrogen and oxygen atoms in total. The Balaban J connectivity index is 1.27. The molecule has 1 aliphatic rings. The number of aryl methyl sites for hydroxylation is 1. The first-order valence-electron chi connectivity index (χ1n) is 12.4. The zero-order valence-electron chi connectivity index (χ0n) is 20.8. The number of nitrogens with zero attached hydrogens (tertiary/aromatic N) is 3. The van der Waals surface area contributed by atoms with Crippen LogP contribution in [0, 0.1) is 13.8 Å². The van der Waals surface area contributed by atoms with Gasteiger partial charge in [-0.3, -0.25) is 9.69 Å². The lowest BCUT2D eigenvalue weighted by molar-refractivity contribution is 0.0950. The minimum Gasteiger partial charge on any atom is -0.368 e. The third kappa shape index (κ3) is 5.85. The SMILES string of the molecule is CCn1c(-c2ccc(C)cc2)cc(C(=O)NCCCN2CCN(c3cccc(Cl)c3Cl)CC2)c1C. The summed E-state index contributed by atoms with van der Waals surface area (Å²) in [6, 6.07) is 16.3. The van der Waals surface area contributed by atoms with E-state index in [9.17, 15) is 4.79 Å². The van der Waals surface area contributed by atoms with E-state index >= 15 is 0 Å². The fourth-order valence-corrected chi connectivity index (χ4v) is 5.21. The smallest absolute Gasteiger partial charge is 0.253 e. The third-order valence-corrected chi connectivity index (χ3v) is 7.66. The summed E-state index contributed by atoms with van der Waals surface area (Å²) in [5.74, 6) is 0.00322. The van der Waals surface area contributed by atoms with Gasteiger partial charge in [-0.15, -0.1) is 0 Å². The fourth-order valence-electron chi connectivity index (χ4n) is 4.79. The van der Waals surface area contributed by atoms with E-state index in [2.05, 4.69) is 57.8 Å². The largest absolute Gasteiger partial charge is 0.368 e. The summed E-state index contributed by atoms with van der Waals surface area (Å²) in [5.41, 5.74) is 6.23. The van der Waals surface area contributed by atoms with Gasteiger partial charge in [-0.2, -0.15) is 0 Å². The van der Waals surface area contributed by atoms with Crippen molar-refractivity contribution in [1.82, 2.24) is 14.8 Å². The number of hydrogen-bond donors (Lipinski definition) is 1. The topological polar surface area (TPSA) is 40.5 Å². The first-order valence-corrected chi connectivity index (χ1v) is 13.1. The zero-order chi connectivity index (χ0) is 24.9. The minimum atomic E-state index is 0.00322. The molecule has 3 aromatic rings. The Morgan fingerprint density at radius 1 is 1.00 bits per heavy atom. The first kappa shape index (κ1) is 25.6. The van der Waals surface area contributed by atoms with Gasteiger partial charge in [0.25, 0.3) is 5.91 Å². The Morgan fingerprint density at radius 3 is 2.40 bits per heavy atom. The molecule has 186 valence electrons. The quantitative estimate of drug-likeness (QED) is 0.374. The Hall–Kier alpha value is -2.47. The van der Waals surface area contributed by atoms with Gasteiger partial charge in [0, 0.05) is 50.7 Å². The highest BCUT2D eigenvalue weighted by Gasteiger charge is 2.20. The number of aromatic nitrogens is 1. The summed E-state index contributed by atoms with van der Waals surface area (Å²) < 4.78 is 2.21. The number of carbonyl (C=O) groups is 1. The van der Waals surface area contributed by atoms with Crippen LogP contribution in [0.15, 0.2) is 48.5 Å². The molecule has 0 saturated carbocycles. The van der Waals surface area contributed by atoms with Gasteiger partial charge in [-0.05, 0) is 57.5 Å². The number of halogens is 2. The van der Waals surface area contributed by atoms with E-state index in [1.165, 1.54) is 5.56 Å². The second-order valence-electron chi connectivity index (χ2n) is 9.15. The van der Waals surface area contributed by atoms with E-state index in [1.54, 1.807) is 0 Å². The molecule has 0 spiro atoms. The number of amides is 1. The van der Waals surface area contributed by atoms with Gasteiger partial charge in [0.1, 0.15) is 0 Å². The second kappa shape index (κ2) is 11.5. The van der Waals surface area contributed by atoms with Crippen molar-refractivity contribution < 1.29 is 4.79 Å². The molecule has 2 aromatic carbocycles. The van der Waals surface area contributed by atoms with Crippen molar-refractivity contribution in [2.45, 2.75) is 33.7 Å². The molecular formula is C28H34Cl2N4O. The van der Waals surface area contributed by atoms with Crippen LogP contribution in [0.5, 0.6) is 0 Å². The fraction of sp³-hybridized carbons (Fsp3) is 0.393. The highest BCUT2D eigenvalue weighted by Crippen LogP contribution is 2.33. The second-order valence-corrected chi connectivity index (χ2v) is 9.94. The van der Waals surface area contributed by atoms with Crippen LogP contribution in [0.3, 0.4) is 0 Å². The van der Waals surface area contributed by atoms with Gasteiger partial charge >= 0.3 is 0 Å². The van der Waals surface area contributed by atoms with Crippen molar-refractivity contribution in [2.75, 3.05) is 44.2 Å². The molecule has 0 atom stereocenters. The monoisotopic (exact) mass is 512 g/mol. The van der Waals surface area contributed by atoms with Crippen molar-refractivity contribution in [2.24, 2.45) is 0 Å². The maximum atomic E-state index is 13.0. The highest BCUT2D eigenvalue weighted by molar-refractivity contribution is 6.43. The molecule has 1 aliphatic heterocycles. The molecule has 0 aliphatic carbocycles. The van der Waals surface area contributed by atoms with Crippen LogP contribution < -0.4 is 10.2 Å². The van der Waals surface area contributed by atoms with Crippen LogP contribution in [-0.2, 0) is 6.54 Å². The van der Waals surface area contributed by atoms with E-state index < -0.39 is 0 Å². The Morgan fingerprint density at radius 2 is 1.71 bits per heavy atom. The Bertz CT molecular complexity index is 1160. The Labute approximate surface area is 218 Å². The van der Waals surface area contributed by atoms with Crippen LogP contribution in [0.2, 0.25) is 10.0 Å². The molecule has 1 saturated heterocycles. The normalized spacial score (nSPS) is 14.4. The van der Waals surface area contributed by atoms with Gasteiger partial charge < -0.3 is 14.8 Å². The maximum Gasteiger partial charge on any atom is 0.253 e. The van der Waals surface area contributed by atoms with E-state index in [1.807, 2.05) is 31.2 Å². The molecule has 1 fully saturated rings. The van der Waals surface area contributed by atoms with Crippen molar-refractivity contribution in [3.8, 4) is 11.3 Å². The maximum absolute atomic E-state index is 13.0. The molecule has 35 heavy (non-hydrogen) atoms. The van der Waals surface area contributed by atoms with Crippen LogP contribution in [0.4, 0.5) is 5.69 Å². The van der Waals surface area contributed by atoms with Crippen LogP contribution >= 0.6 is 23.2 Å². The lowest BCUT2D eigenvalue weighted by Crippen LogP contribution is -2.47. The number of benzene rings is 2. The molecule has 7 heteroatoms. The van der Waals surface area contributed by atoms with Gasteiger partial charge in [0.15, 0.2) is 0 Å². The molecular weight excluding hydrogens is 479 g/mol. The predicted octanol–water partition coefficient (Wildman–Crippen LogP) is 6.04. The lowest BCUT2D eigenvalue weighted by Gasteiger charge is -2.36. The molecule has 0 unspecified atom stereocenters. The van der Waals surface area contributed by atoms with E-state index in [4.69, 9.17) is 23.2 Å². The first-order chi connectivity index (χ1) is 16.9. The molecule has 2 heterocycles. The van der Waals surface area contributed by atoms with Crippen LogP contribution in [0.25, 0.3) is 11.3 Å². The van der Waals surface area contributed by atoms with E-state index in [-0.39, 0.29) is 5.91 Å². The summed E-state index contributed by atoms with van der Waals surface area (Å²) in [6.07, 6.45) is 0.919. The summed E-state index contributed by atoms with van der Waals surface area (Å²) in [6.45, 7) is 12.4. The van der Waals surface area contributed by atoms with Crippen LogP contribution in [0.1, 0.15) is 35.0 Å². The molecule has 1 amide bonds. The van der Waals surface area contributed by atoms with Gasteiger partial charge in [-0.25, -0.2) is 0 Å². The number of piperazine rings is 1. The van der Waals surface area contributed by atoms with Crippen molar-refractivity contribution in [1.29, 1.82) is 0 Å². The van der Waals surface area contributed by atoms with Gasteiger partial charge in [0.2, 0.25) is 0 Å². The summed E-state index contributed by atoms with van der Waals surface area (Å²) in [5, 5.41) is 4.35. The average molecular weight is 514 g/mol. The number of carbonyl (C=O) groups excluding carboxylic acids is 1. The van der Waals surface area contributed by atoms with Crippen molar-refractivity contribution in [3.63, 3.8) is 0 Å². The summed E-state index contributed by atoms with van der Waals surface area (Å²) >= 11 is 12.6. The Kier molecular flexibility index (Phi) is 8.42. The standard InChI is InChI=1S/C28H34Cl2N4O/c1-4-34-21(3)23(19-26(34)22-11-9-20(2)10-12-22)28(35)31-13-6-14-32-15-17-33(18-16-32)25-8-5-7-24(29)27(25)30/h5,7-12,19H,4,6,13-18H2,1-3H3,(H,31,35). The molecule has 4 rings (SSSR count). The van der Waals surface area contributed by atoms with Crippen molar-refractivity contribution in [3.05, 3.63) is 75.4 Å². The number of rotatable bonds is 8. The summed E-state index contributed by atoms with van der Waals surface area (Å²) in [7, 11) is 0. The summed E-state index contributed by atoms with van der Waals surface area (Å²) in [4.78, 5) is 17.7. The molecule has 1 aromatic heterocycles. The van der Waals surface area contributed by atoms with Crippen molar-refractivity contribution >= 4 is 34.8 Å². The van der Waals surface area contributed by atoms with Gasteiger partial charge in [0.05, 0.1) is 21.3 Å².